The van der Waals surface area contributed by atoms with E-state index in [9.17, 15) is 0 Å². The van der Waals surface area contributed by atoms with Gasteiger partial charge in [0.1, 0.15) is 17.6 Å². The molecule has 0 saturated carbocycles. The molecule has 0 atom stereocenters. The van der Waals surface area contributed by atoms with Crippen molar-refractivity contribution in [2.24, 2.45) is 0 Å². The lowest BCUT2D eigenvalue weighted by molar-refractivity contribution is 1.14. The number of hydrogen-bond acceptors (Lipinski definition) is 4. The van der Waals surface area contributed by atoms with Crippen molar-refractivity contribution in [2.45, 2.75) is 6.92 Å². The Balaban J connectivity index is 3.34. The molecule has 0 radical (unpaired) electrons. The lowest BCUT2D eigenvalue weighted by atomic mass is 10.2. The number of anilines is 1. The van der Waals surface area contributed by atoms with Crippen LogP contribution in [0.1, 0.15) is 18.3 Å². The monoisotopic (exact) mass is 160 g/mol. The van der Waals surface area contributed by atoms with Gasteiger partial charge in [-0.25, -0.2) is 9.97 Å². The first-order chi connectivity index (χ1) is 5.65. The van der Waals surface area contributed by atoms with Crippen molar-refractivity contribution in [3.63, 3.8) is 0 Å². The van der Waals surface area contributed by atoms with Crippen molar-refractivity contribution in [1.29, 1.82) is 5.26 Å². The topological polar surface area (TPSA) is 75.6 Å². The van der Waals surface area contributed by atoms with E-state index in [4.69, 9.17) is 11.0 Å². The minimum Gasteiger partial charge on any atom is -0.382 e. The van der Waals surface area contributed by atoms with E-state index in [1.165, 1.54) is 6.20 Å². The van der Waals surface area contributed by atoms with Crippen molar-refractivity contribution in [1.82, 2.24) is 9.97 Å². The molecule has 12 heavy (non-hydrogen) atoms. The summed E-state index contributed by atoms with van der Waals surface area (Å²) in [6.07, 6.45) is 1.35. The predicted octanol–water partition coefficient (Wildman–Crippen LogP) is 0.964. The minimum atomic E-state index is 0.261. The molecule has 0 unspecified atom stereocenters. The van der Waals surface area contributed by atoms with Crippen LogP contribution in [0.2, 0.25) is 0 Å². The molecule has 0 aromatic carbocycles. The number of rotatable bonds is 1. The van der Waals surface area contributed by atoms with Gasteiger partial charge < -0.3 is 5.73 Å². The highest BCUT2D eigenvalue weighted by molar-refractivity contribution is 5.63. The smallest absolute Gasteiger partial charge is 0.166 e. The van der Waals surface area contributed by atoms with Crippen molar-refractivity contribution in [3.05, 3.63) is 24.2 Å². The molecule has 1 heterocycles. The van der Waals surface area contributed by atoms with E-state index < -0.39 is 0 Å². The summed E-state index contributed by atoms with van der Waals surface area (Å²) in [7, 11) is 0. The highest BCUT2D eigenvalue weighted by Crippen LogP contribution is 2.12. The van der Waals surface area contributed by atoms with Crippen LogP contribution in [0, 0.1) is 11.3 Å². The van der Waals surface area contributed by atoms with Crippen LogP contribution in [0.5, 0.6) is 0 Å². The molecule has 4 nitrogen and oxygen atoms in total. The number of allylic oxidation sites excluding steroid dienone is 1. The van der Waals surface area contributed by atoms with Crippen LogP contribution in [-0.4, -0.2) is 9.97 Å². The molecule has 0 aliphatic carbocycles. The fourth-order valence-electron chi connectivity index (χ4n) is 0.782. The fraction of sp³-hybridized carbons (Fsp3) is 0.125. The molecule has 1 aromatic heterocycles. The quantitative estimate of drug-likeness (QED) is 0.664. The zero-order chi connectivity index (χ0) is 9.14. The molecule has 0 aliphatic heterocycles. The maximum absolute atomic E-state index is 8.62. The van der Waals surface area contributed by atoms with Gasteiger partial charge in [0, 0.05) is 0 Å². The first kappa shape index (κ1) is 8.21. The molecule has 1 rings (SSSR count). The highest BCUT2D eigenvalue weighted by atomic mass is 14.9. The van der Waals surface area contributed by atoms with Gasteiger partial charge in [-0.05, 0) is 12.5 Å². The zero-order valence-corrected chi connectivity index (χ0v) is 6.70. The summed E-state index contributed by atoms with van der Waals surface area (Å²) in [5.41, 5.74) is 6.81. The Kier molecular flexibility index (Phi) is 2.06. The van der Waals surface area contributed by atoms with Gasteiger partial charge in [-0.2, -0.15) is 5.26 Å². The largest absolute Gasteiger partial charge is 0.382 e. The van der Waals surface area contributed by atoms with Crippen LogP contribution in [0.4, 0.5) is 5.82 Å². The maximum atomic E-state index is 8.62. The molecule has 0 amide bonds. The zero-order valence-electron chi connectivity index (χ0n) is 6.70. The molecule has 1 aromatic rings. The molecule has 0 fully saturated rings. The molecule has 0 saturated heterocycles. The van der Waals surface area contributed by atoms with E-state index in [0.29, 0.717) is 17.1 Å². The van der Waals surface area contributed by atoms with Crippen molar-refractivity contribution < 1.29 is 0 Å². The number of nitrogens with two attached hydrogens (primary N) is 1. The van der Waals surface area contributed by atoms with Gasteiger partial charge in [-0.1, -0.05) is 6.58 Å². The van der Waals surface area contributed by atoms with E-state index in [1.807, 2.05) is 6.07 Å². The maximum Gasteiger partial charge on any atom is 0.166 e. The van der Waals surface area contributed by atoms with E-state index in [1.54, 1.807) is 6.92 Å². The van der Waals surface area contributed by atoms with Crippen molar-refractivity contribution in [3.8, 4) is 6.07 Å². The number of nitrogens with zero attached hydrogens (tertiary/aromatic N) is 3. The normalized spacial score (nSPS) is 9.00. The summed E-state index contributed by atoms with van der Waals surface area (Å²) in [5, 5.41) is 8.62. The van der Waals surface area contributed by atoms with Gasteiger partial charge in [-0.15, -0.1) is 0 Å². The Morgan fingerprint density at radius 1 is 1.75 bits per heavy atom. The third-order valence-electron chi connectivity index (χ3n) is 1.30. The minimum absolute atomic E-state index is 0.261. The SMILES string of the molecule is C=C(C)c1nc(N)cnc1C#N. The third-order valence-corrected chi connectivity index (χ3v) is 1.30. The summed E-state index contributed by atoms with van der Waals surface area (Å²) >= 11 is 0. The van der Waals surface area contributed by atoms with E-state index in [0.717, 1.165) is 0 Å². The van der Waals surface area contributed by atoms with Gasteiger partial charge in [0.15, 0.2) is 5.69 Å². The van der Waals surface area contributed by atoms with E-state index in [2.05, 4.69) is 16.5 Å². The van der Waals surface area contributed by atoms with Gasteiger partial charge in [-0.3, -0.25) is 0 Å². The Morgan fingerprint density at radius 2 is 2.42 bits per heavy atom. The van der Waals surface area contributed by atoms with Crippen LogP contribution < -0.4 is 5.73 Å². The van der Waals surface area contributed by atoms with Crippen LogP contribution in [0.25, 0.3) is 5.57 Å². The Bertz CT molecular complexity index is 362. The van der Waals surface area contributed by atoms with E-state index >= 15 is 0 Å². The Morgan fingerprint density at radius 3 is 2.92 bits per heavy atom. The number of nitrogen functional groups attached to an aromatic ring is 1. The highest BCUT2D eigenvalue weighted by Gasteiger charge is 2.05. The first-order valence-electron chi connectivity index (χ1n) is 3.33. The Hall–Kier alpha value is -1.89. The second kappa shape index (κ2) is 3.01. The van der Waals surface area contributed by atoms with Gasteiger partial charge >= 0.3 is 0 Å². The van der Waals surface area contributed by atoms with Gasteiger partial charge in [0.2, 0.25) is 0 Å². The predicted molar refractivity (Wildman–Crippen MR) is 45.9 cm³/mol. The average molecular weight is 160 g/mol. The average Bonchev–Trinajstić information content (AvgIpc) is 2.04. The summed E-state index contributed by atoms with van der Waals surface area (Å²) in [6.45, 7) is 5.42. The number of nitriles is 1. The first-order valence-corrected chi connectivity index (χ1v) is 3.33. The van der Waals surface area contributed by atoms with Gasteiger partial charge in [0.25, 0.3) is 0 Å². The van der Waals surface area contributed by atoms with Gasteiger partial charge in [0.05, 0.1) is 6.20 Å². The summed E-state index contributed by atoms with van der Waals surface area (Å²) in [5.74, 6) is 0.298. The standard InChI is InChI=1S/C8H8N4/c1-5(2)8-6(3-9)11-4-7(10)12-8/h4H,1H2,2H3,(H2,10,12). The molecule has 0 spiro atoms. The molecule has 2 N–H and O–H groups in total. The van der Waals surface area contributed by atoms with Crippen LogP contribution >= 0.6 is 0 Å². The molecule has 0 aliphatic rings. The summed E-state index contributed by atoms with van der Waals surface area (Å²) < 4.78 is 0. The summed E-state index contributed by atoms with van der Waals surface area (Å²) in [6, 6.07) is 1.91. The van der Waals surface area contributed by atoms with E-state index in [-0.39, 0.29) is 5.69 Å². The fourth-order valence-corrected chi connectivity index (χ4v) is 0.782. The van der Waals surface area contributed by atoms with Crippen LogP contribution in [0.15, 0.2) is 12.8 Å². The van der Waals surface area contributed by atoms with Crippen LogP contribution in [-0.2, 0) is 0 Å². The second-order valence-electron chi connectivity index (χ2n) is 2.38. The molecule has 4 heteroatoms. The molecular weight excluding hydrogens is 152 g/mol. The number of aromatic nitrogens is 2. The second-order valence-corrected chi connectivity index (χ2v) is 2.38. The Labute approximate surface area is 70.4 Å². The van der Waals surface area contributed by atoms with Crippen molar-refractivity contribution in [2.75, 3.05) is 5.73 Å². The molecule has 60 valence electrons. The molecule has 0 bridgehead atoms. The number of hydrogen-bond donors (Lipinski definition) is 1. The van der Waals surface area contributed by atoms with Crippen molar-refractivity contribution >= 4 is 11.4 Å². The lowest BCUT2D eigenvalue weighted by Gasteiger charge is -2.00. The van der Waals surface area contributed by atoms with Crippen LogP contribution in [0.3, 0.4) is 0 Å². The summed E-state index contributed by atoms with van der Waals surface area (Å²) in [4.78, 5) is 7.75. The lowest BCUT2D eigenvalue weighted by Crippen LogP contribution is -1.99. The molecular formula is C8H8N4. The third kappa shape index (κ3) is 1.40.